The van der Waals surface area contributed by atoms with Crippen molar-refractivity contribution in [2.45, 2.75) is 12.8 Å². The Balaban J connectivity index is 1.59. The van der Waals surface area contributed by atoms with Crippen molar-refractivity contribution < 1.29 is 9.47 Å². The fraction of sp³-hybridized carbons (Fsp3) is 0.294. The zero-order valence-corrected chi connectivity index (χ0v) is 11.5. The highest BCUT2D eigenvalue weighted by atomic mass is 16.5. The van der Waals surface area contributed by atoms with Crippen LogP contribution in [0.4, 0.5) is 5.69 Å². The Morgan fingerprint density at radius 1 is 0.900 bits per heavy atom. The van der Waals surface area contributed by atoms with E-state index in [2.05, 4.69) is 29.6 Å². The highest BCUT2D eigenvalue weighted by Gasteiger charge is 2.10. The lowest BCUT2D eigenvalue weighted by atomic mass is 10.1. The predicted molar refractivity (Wildman–Crippen MR) is 80.7 cm³/mol. The van der Waals surface area contributed by atoms with E-state index in [0.717, 1.165) is 49.8 Å². The maximum Gasteiger partial charge on any atom is 0.163 e. The van der Waals surface area contributed by atoms with Crippen molar-refractivity contribution in [3.05, 3.63) is 54.1 Å². The van der Waals surface area contributed by atoms with E-state index in [4.69, 9.17) is 9.47 Å². The van der Waals surface area contributed by atoms with Gasteiger partial charge in [-0.3, -0.25) is 0 Å². The molecule has 3 rings (SSSR count). The summed E-state index contributed by atoms with van der Waals surface area (Å²) in [6.45, 7) is 2.36. The van der Waals surface area contributed by atoms with Crippen LogP contribution in [0.15, 0.2) is 48.5 Å². The maximum absolute atomic E-state index is 5.69. The molecular formula is C17H19NO2. The summed E-state index contributed by atoms with van der Waals surface area (Å²) in [4.78, 5) is 0. The highest BCUT2D eigenvalue weighted by molar-refractivity contribution is 5.55. The average molecular weight is 269 g/mol. The van der Waals surface area contributed by atoms with E-state index in [-0.39, 0.29) is 0 Å². The maximum atomic E-state index is 5.69. The van der Waals surface area contributed by atoms with E-state index in [0.29, 0.717) is 0 Å². The van der Waals surface area contributed by atoms with Crippen molar-refractivity contribution in [1.29, 1.82) is 0 Å². The lowest BCUT2D eigenvalue weighted by Crippen LogP contribution is -2.05. The van der Waals surface area contributed by atoms with E-state index in [1.54, 1.807) is 0 Å². The second-order valence-corrected chi connectivity index (χ2v) is 4.87. The van der Waals surface area contributed by atoms with Gasteiger partial charge in [-0.1, -0.05) is 30.3 Å². The lowest BCUT2D eigenvalue weighted by Gasteiger charge is -2.11. The van der Waals surface area contributed by atoms with Gasteiger partial charge in [0.1, 0.15) is 0 Å². The van der Waals surface area contributed by atoms with Gasteiger partial charge in [-0.25, -0.2) is 0 Å². The molecule has 0 unspecified atom stereocenters. The smallest absolute Gasteiger partial charge is 0.163 e. The molecule has 0 spiro atoms. The van der Waals surface area contributed by atoms with Crippen molar-refractivity contribution in [3.63, 3.8) is 0 Å². The lowest BCUT2D eigenvalue weighted by molar-refractivity contribution is 0.297. The summed E-state index contributed by atoms with van der Waals surface area (Å²) in [7, 11) is 0. The minimum Gasteiger partial charge on any atom is -0.490 e. The summed E-state index contributed by atoms with van der Waals surface area (Å²) in [5, 5.41) is 3.43. The van der Waals surface area contributed by atoms with Gasteiger partial charge in [-0.05, 0) is 24.1 Å². The van der Waals surface area contributed by atoms with Gasteiger partial charge in [0.05, 0.1) is 13.2 Å². The highest BCUT2D eigenvalue weighted by Crippen LogP contribution is 2.32. The molecular weight excluding hydrogens is 250 g/mol. The van der Waals surface area contributed by atoms with E-state index < -0.39 is 0 Å². The minimum atomic E-state index is 0.723. The molecule has 1 aliphatic heterocycles. The van der Waals surface area contributed by atoms with Crippen LogP contribution in [0, 0.1) is 0 Å². The molecule has 0 atom stereocenters. The van der Waals surface area contributed by atoms with Crippen LogP contribution in [0.5, 0.6) is 11.5 Å². The largest absolute Gasteiger partial charge is 0.490 e. The molecule has 1 N–H and O–H groups in total. The minimum absolute atomic E-state index is 0.723. The molecule has 2 aromatic carbocycles. The van der Waals surface area contributed by atoms with Gasteiger partial charge in [0.15, 0.2) is 11.5 Å². The molecule has 0 fully saturated rings. The first kappa shape index (κ1) is 12.9. The Kier molecular flexibility index (Phi) is 4.07. The zero-order chi connectivity index (χ0) is 13.6. The number of hydrogen-bond acceptors (Lipinski definition) is 3. The monoisotopic (exact) mass is 269 g/mol. The van der Waals surface area contributed by atoms with Crippen LogP contribution in [0.1, 0.15) is 12.0 Å². The number of nitrogens with one attached hydrogen (secondary N) is 1. The molecule has 0 amide bonds. The summed E-state index contributed by atoms with van der Waals surface area (Å²) in [6.07, 6.45) is 1.95. The SMILES string of the molecule is c1ccc(CCNc2ccc3c(c2)OCCCO3)cc1. The Labute approximate surface area is 119 Å². The van der Waals surface area contributed by atoms with Gasteiger partial charge in [0, 0.05) is 24.7 Å². The molecule has 3 nitrogen and oxygen atoms in total. The summed E-state index contributed by atoms with van der Waals surface area (Å²) in [5.41, 5.74) is 2.42. The number of fused-ring (bicyclic) bond motifs is 1. The molecule has 20 heavy (non-hydrogen) atoms. The van der Waals surface area contributed by atoms with E-state index in [9.17, 15) is 0 Å². The average Bonchev–Trinajstić information content (AvgIpc) is 2.73. The molecule has 1 heterocycles. The van der Waals surface area contributed by atoms with Crippen molar-refractivity contribution >= 4 is 5.69 Å². The van der Waals surface area contributed by atoms with Crippen LogP contribution in [0.3, 0.4) is 0 Å². The second kappa shape index (κ2) is 6.33. The molecule has 1 aliphatic rings. The van der Waals surface area contributed by atoms with Crippen LogP contribution in [0.2, 0.25) is 0 Å². The molecule has 0 saturated carbocycles. The topological polar surface area (TPSA) is 30.5 Å². The molecule has 0 bridgehead atoms. The van der Waals surface area contributed by atoms with Gasteiger partial charge in [0.25, 0.3) is 0 Å². The first-order valence-corrected chi connectivity index (χ1v) is 7.09. The molecule has 0 saturated heterocycles. The third-order valence-electron chi connectivity index (χ3n) is 3.33. The van der Waals surface area contributed by atoms with Gasteiger partial charge < -0.3 is 14.8 Å². The van der Waals surface area contributed by atoms with Gasteiger partial charge in [-0.2, -0.15) is 0 Å². The Morgan fingerprint density at radius 3 is 2.55 bits per heavy atom. The fourth-order valence-electron chi connectivity index (χ4n) is 2.27. The number of rotatable bonds is 4. The standard InChI is InChI=1S/C17H19NO2/c1-2-5-14(6-3-1)9-10-18-15-7-8-16-17(13-15)20-12-4-11-19-16/h1-3,5-8,13,18H,4,9-12H2. The van der Waals surface area contributed by atoms with E-state index >= 15 is 0 Å². The van der Waals surface area contributed by atoms with Gasteiger partial charge >= 0.3 is 0 Å². The van der Waals surface area contributed by atoms with Gasteiger partial charge in [-0.15, -0.1) is 0 Å². The van der Waals surface area contributed by atoms with Crippen LogP contribution in [-0.2, 0) is 6.42 Å². The summed E-state index contributed by atoms with van der Waals surface area (Å²) in [6, 6.07) is 16.5. The van der Waals surface area contributed by atoms with E-state index in [1.165, 1.54) is 5.56 Å². The van der Waals surface area contributed by atoms with Gasteiger partial charge in [0.2, 0.25) is 0 Å². The zero-order valence-electron chi connectivity index (χ0n) is 11.5. The third kappa shape index (κ3) is 3.23. The summed E-state index contributed by atoms with van der Waals surface area (Å²) >= 11 is 0. The summed E-state index contributed by atoms with van der Waals surface area (Å²) in [5.74, 6) is 1.68. The van der Waals surface area contributed by atoms with Crippen LogP contribution >= 0.6 is 0 Å². The van der Waals surface area contributed by atoms with Crippen molar-refractivity contribution in [1.82, 2.24) is 0 Å². The number of benzene rings is 2. The normalized spacial score (nSPS) is 13.6. The molecule has 2 aromatic rings. The van der Waals surface area contributed by atoms with Crippen LogP contribution < -0.4 is 14.8 Å². The van der Waals surface area contributed by atoms with Crippen LogP contribution in [0.25, 0.3) is 0 Å². The number of anilines is 1. The van der Waals surface area contributed by atoms with Crippen LogP contribution in [-0.4, -0.2) is 19.8 Å². The Bertz CT molecular complexity index is 554. The summed E-state index contributed by atoms with van der Waals surface area (Å²) < 4.78 is 11.3. The van der Waals surface area contributed by atoms with Crippen molar-refractivity contribution in [2.75, 3.05) is 25.1 Å². The number of hydrogen-bond donors (Lipinski definition) is 1. The third-order valence-corrected chi connectivity index (χ3v) is 3.33. The van der Waals surface area contributed by atoms with E-state index in [1.807, 2.05) is 24.3 Å². The first-order chi connectivity index (χ1) is 9.92. The van der Waals surface area contributed by atoms with Crippen molar-refractivity contribution in [3.8, 4) is 11.5 Å². The Morgan fingerprint density at radius 2 is 1.70 bits per heavy atom. The second-order valence-electron chi connectivity index (χ2n) is 4.87. The van der Waals surface area contributed by atoms with Crippen molar-refractivity contribution in [2.24, 2.45) is 0 Å². The number of ether oxygens (including phenoxy) is 2. The molecule has 0 aliphatic carbocycles. The molecule has 0 aromatic heterocycles. The quantitative estimate of drug-likeness (QED) is 0.921. The molecule has 104 valence electrons. The molecule has 0 radical (unpaired) electrons. The fourth-order valence-corrected chi connectivity index (χ4v) is 2.27. The Hall–Kier alpha value is -2.16. The predicted octanol–water partition coefficient (Wildman–Crippen LogP) is 3.50. The first-order valence-electron chi connectivity index (χ1n) is 7.09. The molecule has 3 heteroatoms.